The second-order valence-electron chi connectivity index (χ2n) is 5.47. The second kappa shape index (κ2) is 6.67. The van der Waals surface area contributed by atoms with Crippen molar-refractivity contribution in [3.8, 4) is 0 Å². The van der Waals surface area contributed by atoms with Crippen molar-refractivity contribution in [3.63, 3.8) is 0 Å². The van der Waals surface area contributed by atoms with Gasteiger partial charge in [-0.2, -0.15) is 11.8 Å². The van der Waals surface area contributed by atoms with Crippen molar-refractivity contribution >= 4 is 23.8 Å². The Kier molecular flexibility index (Phi) is 5.15. The number of hydrogen-bond acceptors (Lipinski definition) is 4. The molecule has 0 aromatic heterocycles. The van der Waals surface area contributed by atoms with Gasteiger partial charge in [0.05, 0.1) is 6.10 Å². The molecule has 0 bridgehead atoms. The number of hydrogen-bond donors (Lipinski definition) is 2. The third kappa shape index (κ3) is 3.38. The van der Waals surface area contributed by atoms with Crippen LogP contribution in [0.1, 0.15) is 19.8 Å². The zero-order valence-corrected chi connectivity index (χ0v) is 12.5. The fourth-order valence-corrected chi connectivity index (χ4v) is 3.83. The van der Waals surface area contributed by atoms with Crippen molar-refractivity contribution in [3.05, 3.63) is 0 Å². The predicted octanol–water partition coefficient (Wildman–Crippen LogP) is 0.701. The number of aliphatic hydroxyl groups is 1. The topological polar surface area (TPSA) is 81.1 Å². The monoisotopic (exact) mass is 302 g/mol. The highest BCUT2D eigenvalue weighted by Gasteiger charge is 2.36. The molecule has 2 aliphatic heterocycles. The maximum Gasteiger partial charge on any atom is 0.327 e. The van der Waals surface area contributed by atoms with E-state index in [1.165, 1.54) is 4.90 Å². The average Bonchev–Trinajstić information content (AvgIpc) is 2.46. The van der Waals surface area contributed by atoms with E-state index in [2.05, 4.69) is 0 Å². The van der Waals surface area contributed by atoms with Gasteiger partial charge in [0, 0.05) is 31.1 Å². The van der Waals surface area contributed by atoms with E-state index in [-0.39, 0.29) is 18.1 Å². The molecule has 2 N–H and O–H groups in total. The molecule has 6 nitrogen and oxygen atoms in total. The number of aliphatic hydroxyl groups excluding tert-OH is 1. The summed E-state index contributed by atoms with van der Waals surface area (Å²) >= 11 is 1.58. The molecule has 114 valence electrons. The van der Waals surface area contributed by atoms with Crippen LogP contribution in [0.4, 0.5) is 4.79 Å². The van der Waals surface area contributed by atoms with Crippen molar-refractivity contribution in [1.29, 1.82) is 0 Å². The lowest BCUT2D eigenvalue weighted by molar-refractivity contribution is -0.141. The van der Waals surface area contributed by atoms with E-state index in [0.29, 0.717) is 25.4 Å². The number of thioether (sulfide) groups is 1. The minimum atomic E-state index is -0.926. The van der Waals surface area contributed by atoms with Gasteiger partial charge in [0.2, 0.25) is 0 Å². The molecule has 0 radical (unpaired) electrons. The van der Waals surface area contributed by atoms with Crippen molar-refractivity contribution in [2.24, 2.45) is 5.92 Å². The van der Waals surface area contributed by atoms with Gasteiger partial charge in [-0.15, -0.1) is 0 Å². The lowest BCUT2D eigenvalue weighted by Gasteiger charge is -2.39. The van der Waals surface area contributed by atoms with Crippen LogP contribution in [-0.2, 0) is 4.79 Å². The predicted molar refractivity (Wildman–Crippen MR) is 76.8 cm³/mol. The van der Waals surface area contributed by atoms with Gasteiger partial charge in [-0.25, -0.2) is 9.59 Å². The summed E-state index contributed by atoms with van der Waals surface area (Å²) in [4.78, 5) is 26.9. The zero-order chi connectivity index (χ0) is 14.7. The molecule has 2 rings (SSSR count). The lowest BCUT2D eigenvalue weighted by Crippen LogP contribution is -2.56. The van der Waals surface area contributed by atoms with E-state index in [1.807, 2.05) is 0 Å². The molecular weight excluding hydrogens is 280 g/mol. The molecule has 2 unspecified atom stereocenters. The number of carboxylic acid groups (broad SMARTS) is 1. The number of amides is 2. The Morgan fingerprint density at radius 1 is 1.25 bits per heavy atom. The fraction of sp³-hybridized carbons (Fsp3) is 0.846. The largest absolute Gasteiger partial charge is 0.480 e. The fourth-order valence-electron chi connectivity index (χ4n) is 2.79. The first-order chi connectivity index (χ1) is 9.50. The molecule has 20 heavy (non-hydrogen) atoms. The molecule has 0 saturated carbocycles. The molecular formula is C13H22N2O4S. The minimum absolute atomic E-state index is 0.165. The van der Waals surface area contributed by atoms with Gasteiger partial charge in [0.15, 0.2) is 0 Å². The summed E-state index contributed by atoms with van der Waals surface area (Å²) in [6.07, 6.45) is 1.22. The first-order valence-electron chi connectivity index (χ1n) is 7.05. The highest BCUT2D eigenvalue weighted by Crippen LogP contribution is 2.24. The van der Waals surface area contributed by atoms with E-state index >= 15 is 0 Å². The van der Waals surface area contributed by atoms with E-state index < -0.39 is 12.0 Å². The normalized spacial score (nSPS) is 26.4. The van der Waals surface area contributed by atoms with Crippen LogP contribution in [0.25, 0.3) is 0 Å². The second-order valence-corrected chi connectivity index (χ2v) is 6.62. The van der Waals surface area contributed by atoms with Crippen LogP contribution in [0.2, 0.25) is 0 Å². The molecule has 2 saturated heterocycles. The van der Waals surface area contributed by atoms with Crippen molar-refractivity contribution in [2.45, 2.75) is 31.9 Å². The summed E-state index contributed by atoms with van der Waals surface area (Å²) < 4.78 is 0. The molecule has 2 amide bonds. The third-order valence-corrected chi connectivity index (χ3v) is 5.17. The standard InChI is InChI=1S/C13H22N2O4S/c1-9(16)10-2-4-14(5-3-10)13(19)15-6-7-20-8-11(15)12(17)18/h9-11,16H,2-8H2,1H3,(H,17,18). The van der Waals surface area contributed by atoms with Crippen LogP contribution in [-0.4, -0.2) is 75.3 Å². The zero-order valence-electron chi connectivity index (χ0n) is 11.7. The van der Waals surface area contributed by atoms with Crippen LogP contribution in [0.5, 0.6) is 0 Å². The molecule has 0 aromatic rings. The molecule has 2 aliphatic rings. The summed E-state index contributed by atoms with van der Waals surface area (Å²) in [6.45, 7) is 3.48. The molecule has 0 spiro atoms. The van der Waals surface area contributed by atoms with Gasteiger partial charge in [0.25, 0.3) is 0 Å². The van der Waals surface area contributed by atoms with E-state index in [1.54, 1.807) is 23.6 Å². The molecule has 7 heteroatoms. The van der Waals surface area contributed by atoms with Crippen LogP contribution in [0, 0.1) is 5.92 Å². The molecule has 2 fully saturated rings. The van der Waals surface area contributed by atoms with E-state index in [0.717, 1.165) is 18.6 Å². The Morgan fingerprint density at radius 2 is 1.90 bits per heavy atom. The first kappa shape index (κ1) is 15.4. The Bertz CT molecular complexity index is 369. The van der Waals surface area contributed by atoms with E-state index in [4.69, 9.17) is 0 Å². The summed E-state index contributed by atoms with van der Waals surface area (Å²) in [7, 11) is 0. The van der Waals surface area contributed by atoms with E-state index in [9.17, 15) is 19.8 Å². The molecule has 0 aromatic carbocycles. The van der Waals surface area contributed by atoms with Gasteiger partial charge in [0.1, 0.15) is 6.04 Å². The molecule has 2 atom stereocenters. The first-order valence-corrected chi connectivity index (χ1v) is 8.20. The number of carbonyl (C=O) groups excluding carboxylic acids is 1. The third-order valence-electron chi connectivity index (χ3n) is 4.15. The number of piperidine rings is 1. The maximum absolute atomic E-state index is 12.5. The van der Waals surface area contributed by atoms with Gasteiger partial charge in [-0.1, -0.05) is 0 Å². The number of nitrogens with zero attached hydrogens (tertiary/aromatic N) is 2. The lowest BCUT2D eigenvalue weighted by atomic mass is 9.92. The van der Waals surface area contributed by atoms with Crippen molar-refractivity contribution in [2.75, 3.05) is 31.1 Å². The Labute approximate surface area is 123 Å². The van der Waals surface area contributed by atoms with Gasteiger partial charge < -0.3 is 20.0 Å². The summed E-state index contributed by atoms with van der Waals surface area (Å²) in [5.41, 5.74) is 0. The van der Waals surface area contributed by atoms with Crippen LogP contribution < -0.4 is 0 Å². The minimum Gasteiger partial charge on any atom is -0.480 e. The van der Waals surface area contributed by atoms with Crippen molar-refractivity contribution in [1.82, 2.24) is 9.80 Å². The number of carboxylic acids is 1. The summed E-state index contributed by atoms with van der Waals surface area (Å²) in [5, 5.41) is 18.8. The Hall–Kier alpha value is -0.950. The highest BCUT2D eigenvalue weighted by molar-refractivity contribution is 7.99. The van der Waals surface area contributed by atoms with Gasteiger partial charge in [-0.05, 0) is 25.7 Å². The number of urea groups is 1. The Morgan fingerprint density at radius 3 is 2.45 bits per heavy atom. The average molecular weight is 302 g/mol. The quantitative estimate of drug-likeness (QED) is 0.785. The number of likely N-dealkylation sites (tertiary alicyclic amines) is 1. The van der Waals surface area contributed by atoms with Gasteiger partial charge >= 0.3 is 12.0 Å². The number of rotatable bonds is 2. The van der Waals surface area contributed by atoms with Crippen LogP contribution in [0.15, 0.2) is 0 Å². The Balaban J connectivity index is 1.95. The van der Waals surface area contributed by atoms with Crippen LogP contribution >= 0.6 is 11.8 Å². The highest BCUT2D eigenvalue weighted by atomic mass is 32.2. The smallest absolute Gasteiger partial charge is 0.327 e. The molecule has 2 heterocycles. The number of aliphatic carboxylic acids is 1. The summed E-state index contributed by atoms with van der Waals surface area (Å²) in [5.74, 6) is 0.570. The van der Waals surface area contributed by atoms with Crippen LogP contribution in [0.3, 0.4) is 0 Å². The van der Waals surface area contributed by atoms with Crippen molar-refractivity contribution < 1.29 is 19.8 Å². The SMILES string of the molecule is CC(O)C1CCN(C(=O)N2CCSCC2C(=O)O)CC1. The number of carbonyl (C=O) groups is 2. The maximum atomic E-state index is 12.5. The van der Waals surface area contributed by atoms with Gasteiger partial charge in [-0.3, -0.25) is 0 Å². The molecule has 0 aliphatic carbocycles. The summed E-state index contributed by atoms with van der Waals surface area (Å²) in [6, 6.07) is -0.877.